The maximum atomic E-state index is 12.7. The lowest BCUT2D eigenvalue weighted by atomic mass is 10.1. The quantitative estimate of drug-likeness (QED) is 0.843. The summed E-state index contributed by atoms with van der Waals surface area (Å²) in [6, 6.07) is 12.7. The SMILES string of the molecule is Cc1ccc(NC(=O)CN2CCN(C(=O)c3c(Cl)cccc3Cl)CC2)cc1. The molecule has 1 saturated heterocycles. The number of anilines is 1. The Morgan fingerprint density at radius 3 is 2.15 bits per heavy atom. The predicted molar refractivity (Wildman–Crippen MR) is 109 cm³/mol. The van der Waals surface area contributed by atoms with Gasteiger partial charge in [-0.1, -0.05) is 47.0 Å². The molecule has 1 aliphatic heterocycles. The molecule has 0 radical (unpaired) electrons. The van der Waals surface area contributed by atoms with Crippen molar-refractivity contribution in [2.24, 2.45) is 0 Å². The number of rotatable bonds is 4. The molecule has 0 aromatic heterocycles. The molecule has 2 aromatic rings. The molecule has 0 spiro atoms. The molecule has 0 saturated carbocycles. The van der Waals surface area contributed by atoms with Gasteiger partial charge in [0.15, 0.2) is 0 Å². The van der Waals surface area contributed by atoms with Gasteiger partial charge in [-0.05, 0) is 31.2 Å². The number of amides is 2. The van der Waals surface area contributed by atoms with Gasteiger partial charge < -0.3 is 10.2 Å². The normalized spacial score (nSPS) is 14.9. The van der Waals surface area contributed by atoms with Crippen molar-refractivity contribution in [2.75, 3.05) is 38.0 Å². The summed E-state index contributed by atoms with van der Waals surface area (Å²) in [6.45, 7) is 4.59. The minimum absolute atomic E-state index is 0.0622. The van der Waals surface area contributed by atoms with Gasteiger partial charge in [-0.3, -0.25) is 14.5 Å². The zero-order chi connectivity index (χ0) is 19.4. The van der Waals surface area contributed by atoms with Crippen molar-refractivity contribution >= 4 is 40.7 Å². The molecule has 5 nitrogen and oxygen atoms in total. The standard InChI is InChI=1S/C20H21Cl2N3O2/c1-14-5-7-15(8-6-14)23-18(26)13-24-9-11-25(12-10-24)20(27)19-16(21)3-2-4-17(19)22/h2-8H,9-13H2,1H3,(H,23,26). The lowest BCUT2D eigenvalue weighted by Gasteiger charge is -2.34. The van der Waals surface area contributed by atoms with E-state index in [1.54, 1.807) is 23.1 Å². The summed E-state index contributed by atoms with van der Waals surface area (Å²) in [5, 5.41) is 3.60. The molecule has 3 rings (SSSR count). The zero-order valence-electron chi connectivity index (χ0n) is 15.0. The summed E-state index contributed by atoms with van der Waals surface area (Å²) < 4.78 is 0. The Labute approximate surface area is 168 Å². The van der Waals surface area contributed by atoms with E-state index in [4.69, 9.17) is 23.2 Å². The summed E-state index contributed by atoms with van der Waals surface area (Å²) in [4.78, 5) is 28.7. The molecular formula is C20H21Cl2N3O2. The first-order valence-corrected chi connectivity index (χ1v) is 9.52. The van der Waals surface area contributed by atoms with Crippen LogP contribution in [0.15, 0.2) is 42.5 Å². The fourth-order valence-electron chi connectivity index (χ4n) is 3.01. The monoisotopic (exact) mass is 405 g/mol. The molecule has 1 heterocycles. The van der Waals surface area contributed by atoms with Gasteiger partial charge in [0.25, 0.3) is 5.91 Å². The first kappa shape index (κ1) is 19.7. The number of aryl methyl sites for hydroxylation is 1. The third-order valence-electron chi connectivity index (χ3n) is 4.54. The van der Waals surface area contributed by atoms with Crippen molar-refractivity contribution in [3.05, 3.63) is 63.6 Å². The van der Waals surface area contributed by atoms with Crippen molar-refractivity contribution in [1.29, 1.82) is 0 Å². The van der Waals surface area contributed by atoms with Crippen LogP contribution in [-0.2, 0) is 4.79 Å². The van der Waals surface area contributed by atoms with Crippen LogP contribution in [0.2, 0.25) is 10.0 Å². The molecule has 142 valence electrons. The average molecular weight is 406 g/mol. The maximum Gasteiger partial charge on any atom is 0.256 e. The molecule has 2 aromatic carbocycles. The Bertz CT molecular complexity index is 811. The van der Waals surface area contributed by atoms with Crippen molar-refractivity contribution in [3.63, 3.8) is 0 Å². The molecule has 1 N–H and O–H groups in total. The van der Waals surface area contributed by atoms with Crippen molar-refractivity contribution < 1.29 is 9.59 Å². The van der Waals surface area contributed by atoms with Gasteiger partial charge in [0.05, 0.1) is 22.2 Å². The second-order valence-corrected chi connectivity index (χ2v) is 7.39. The van der Waals surface area contributed by atoms with Crippen LogP contribution in [0.4, 0.5) is 5.69 Å². The van der Waals surface area contributed by atoms with Crippen LogP contribution in [0.5, 0.6) is 0 Å². The number of carbonyl (C=O) groups is 2. The number of benzene rings is 2. The summed E-state index contributed by atoms with van der Waals surface area (Å²) in [7, 11) is 0. The summed E-state index contributed by atoms with van der Waals surface area (Å²) >= 11 is 12.3. The average Bonchev–Trinajstić information content (AvgIpc) is 2.64. The Balaban J connectivity index is 1.52. The van der Waals surface area contributed by atoms with E-state index < -0.39 is 0 Å². The van der Waals surface area contributed by atoms with Crippen LogP contribution in [0.1, 0.15) is 15.9 Å². The fraction of sp³-hybridized carbons (Fsp3) is 0.300. The fourth-order valence-corrected chi connectivity index (χ4v) is 3.57. The molecule has 2 amide bonds. The van der Waals surface area contributed by atoms with Gasteiger partial charge in [0, 0.05) is 31.9 Å². The minimum Gasteiger partial charge on any atom is -0.336 e. The molecular weight excluding hydrogens is 385 g/mol. The van der Waals surface area contributed by atoms with E-state index in [0.29, 0.717) is 48.3 Å². The second-order valence-electron chi connectivity index (χ2n) is 6.58. The maximum absolute atomic E-state index is 12.7. The van der Waals surface area contributed by atoms with Gasteiger partial charge in [-0.25, -0.2) is 0 Å². The second kappa shape index (κ2) is 8.74. The first-order chi connectivity index (χ1) is 12.9. The smallest absolute Gasteiger partial charge is 0.256 e. The number of carbonyl (C=O) groups excluding carboxylic acids is 2. The van der Waals surface area contributed by atoms with Crippen molar-refractivity contribution in [2.45, 2.75) is 6.92 Å². The van der Waals surface area contributed by atoms with Crippen LogP contribution < -0.4 is 5.32 Å². The van der Waals surface area contributed by atoms with Crippen molar-refractivity contribution in [1.82, 2.24) is 9.80 Å². The van der Waals surface area contributed by atoms with Crippen LogP contribution >= 0.6 is 23.2 Å². The van der Waals surface area contributed by atoms with Crippen LogP contribution in [0.3, 0.4) is 0 Å². The van der Waals surface area contributed by atoms with Crippen LogP contribution in [0, 0.1) is 6.92 Å². The van der Waals surface area contributed by atoms with Crippen LogP contribution in [-0.4, -0.2) is 54.3 Å². The van der Waals surface area contributed by atoms with E-state index in [1.165, 1.54) is 0 Å². The van der Waals surface area contributed by atoms with Gasteiger partial charge in [-0.2, -0.15) is 0 Å². The minimum atomic E-state index is -0.172. The first-order valence-electron chi connectivity index (χ1n) is 8.76. The van der Waals surface area contributed by atoms with E-state index in [2.05, 4.69) is 5.32 Å². The molecule has 0 unspecified atom stereocenters. The number of hydrogen-bond donors (Lipinski definition) is 1. The van der Waals surface area contributed by atoms with Gasteiger partial charge in [-0.15, -0.1) is 0 Å². The lowest BCUT2D eigenvalue weighted by Crippen LogP contribution is -2.50. The predicted octanol–water partition coefficient (Wildman–Crippen LogP) is 3.70. The topological polar surface area (TPSA) is 52.7 Å². The summed E-state index contributed by atoms with van der Waals surface area (Å²) in [5.41, 5.74) is 2.27. The van der Waals surface area contributed by atoms with Crippen molar-refractivity contribution in [3.8, 4) is 0 Å². The Morgan fingerprint density at radius 1 is 0.963 bits per heavy atom. The number of nitrogens with zero attached hydrogens (tertiary/aromatic N) is 2. The lowest BCUT2D eigenvalue weighted by molar-refractivity contribution is -0.117. The molecule has 7 heteroatoms. The van der Waals surface area contributed by atoms with Gasteiger partial charge in [0.2, 0.25) is 5.91 Å². The highest BCUT2D eigenvalue weighted by Gasteiger charge is 2.26. The molecule has 1 fully saturated rings. The van der Waals surface area contributed by atoms with Gasteiger partial charge >= 0.3 is 0 Å². The number of piperazine rings is 1. The molecule has 0 aliphatic carbocycles. The Morgan fingerprint density at radius 2 is 1.56 bits per heavy atom. The highest BCUT2D eigenvalue weighted by atomic mass is 35.5. The Hall–Kier alpha value is -2.08. The third-order valence-corrected chi connectivity index (χ3v) is 5.17. The van der Waals surface area contributed by atoms with Gasteiger partial charge in [0.1, 0.15) is 0 Å². The van der Waals surface area contributed by atoms with E-state index in [1.807, 2.05) is 36.1 Å². The summed E-state index contributed by atoms with van der Waals surface area (Å²) in [5.74, 6) is -0.234. The molecule has 1 aliphatic rings. The van der Waals surface area contributed by atoms with E-state index in [0.717, 1.165) is 11.3 Å². The number of nitrogens with one attached hydrogen (secondary N) is 1. The number of halogens is 2. The zero-order valence-corrected chi connectivity index (χ0v) is 16.6. The highest BCUT2D eigenvalue weighted by molar-refractivity contribution is 6.39. The third kappa shape index (κ3) is 5.01. The largest absolute Gasteiger partial charge is 0.336 e. The van der Waals surface area contributed by atoms with Crippen LogP contribution in [0.25, 0.3) is 0 Å². The Kier molecular flexibility index (Phi) is 6.37. The highest BCUT2D eigenvalue weighted by Crippen LogP contribution is 2.26. The molecule has 27 heavy (non-hydrogen) atoms. The van der Waals surface area contributed by atoms with E-state index in [9.17, 15) is 9.59 Å². The van der Waals surface area contributed by atoms with E-state index >= 15 is 0 Å². The molecule has 0 bridgehead atoms. The summed E-state index contributed by atoms with van der Waals surface area (Å²) in [6.07, 6.45) is 0. The number of hydrogen-bond acceptors (Lipinski definition) is 3. The molecule has 0 atom stereocenters. The van der Waals surface area contributed by atoms with E-state index in [-0.39, 0.29) is 11.8 Å².